The van der Waals surface area contributed by atoms with Crippen LogP contribution in [0.25, 0.3) is 0 Å². The molecule has 0 fully saturated rings. The number of para-hydroxylation sites is 1. The third kappa shape index (κ3) is 2.80. The zero-order chi connectivity index (χ0) is 14.0. The highest BCUT2D eigenvalue weighted by Gasteiger charge is 2.19. The minimum atomic E-state index is -1.38. The summed E-state index contributed by atoms with van der Waals surface area (Å²) in [6.07, 6.45) is 0. The average molecular weight is 274 g/mol. The molecule has 1 atom stereocenters. The summed E-state index contributed by atoms with van der Waals surface area (Å²) in [5, 5.41) is 1.90. The predicted octanol–water partition coefficient (Wildman–Crippen LogP) is 2.96. The smallest absolute Gasteiger partial charge is 0.129 e. The molecule has 0 saturated heterocycles. The summed E-state index contributed by atoms with van der Waals surface area (Å²) in [5.74, 6) is 0.746. The van der Waals surface area contributed by atoms with Gasteiger partial charge in [-0.3, -0.25) is 0 Å². The highest BCUT2D eigenvalue weighted by Crippen LogP contribution is 2.35. The molecule has 0 saturated carbocycles. The Bertz CT molecular complexity index is 570. The van der Waals surface area contributed by atoms with Crippen LogP contribution in [0.4, 0.5) is 0 Å². The van der Waals surface area contributed by atoms with Crippen molar-refractivity contribution in [3.8, 4) is 5.75 Å². The Labute approximate surface area is 115 Å². The molecule has 0 amide bonds. The Morgan fingerprint density at radius 3 is 2.16 bits per heavy atom. The van der Waals surface area contributed by atoms with Gasteiger partial charge in [-0.15, -0.1) is 0 Å². The van der Waals surface area contributed by atoms with Crippen LogP contribution in [-0.4, -0.2) is 12.0 Å². The molecular weight excluding hydrogens is 255 g/mol. The molecule has 0 aliphatic rings. The normalized spacial score (nSPS) is 12.3. The first-order valence-electron chi connectivity index (χ1n) is 6.24. The van der Waals surface area contributed by atoms with Crippen LogP contribution >= 0.6 is 8.15 Å². The van der Waals surface area contributed by atoms with Gasteiger partial charge in [0, 0.05) is 10.6 Å². The highest BCUT2D eigenvalue weighted by atomic mass is 31.1. The van der Waals surface area contributed by atoms with Gasteiger partial charge in [0.05, 0.1) is 15.3 Å². The molecule has 0 spiro atoms. The minimum absolute atomic E-state index is 0.746. The molecule has 2 rings (SSSR count). The van der Waals surface area contributed by atoms with Gasteiger partial charge >= 0.3 is 0 Å². The average Bonchev–Trinajstić information content (AvgIpc) is 2.37. The van der Waals surface area contributed by atoms with Crippen LogP contribution in [-0.2, 0) is 0 Å². The fourth-order valence-corrected chi connectivity index (χ4v) is 4.07. The van der Waals surface area contributed by atoms with Crippen molar-refractivity contribution >= 4 is 18.8 Å². The molecule has 2 nitrogen and oxygen atoms in total. The van der Waals surface area contributed by atoms with Gasteiger partial charge in [-0.2, -0.15) is 0 Å². The van der Waals surface area contributed by atoms with E-state index in [0.29, 0.717) is 0 Å². The van der Waals surface area contributed by atoms with Crippen LogP contribution in [0.15, 0.2) is 36.4 Å². The van der Waals surface area contributed by atoms with Gasteiger partial charge in [-0.1, -0.05) is 29.8 Å². The first kappa shape index (κ1) is 14.0. The zero-order valence-corrected chi connectivity index (χ0v) is 12.7. The van der Waals surface area contributed by atoms with E-state index in [1.807, 2.05) is 24.3 Å². The Kier molecular flexibility index (Phi) is 4.24. The third-order valence-electron chi connectivity index (χ3n) is 3.16. The summed E-state index contributed by atoms with van der Waals surface area (Å²) in [7, 11) is 0.259. The first-order valence-corrected chi connectivity index (χ1v) is 7.54. The van der Waals surface area contributed by atoms with Crippen molar-refractivity contribution in [3.05, 3.63) is 53.1 Å². The van der Waals surface area contributed by atoms with E-state index in [2.05, 4.69) is 32.9 Å². The molecule has 0 aliphatic carbocycles. The van der Waals surface area contributed by atoms with Gasteiger partial charge in [0.25, 0.3) is 0 Å². The maximum atomic E-state index is 10.7. The molecule has 1 unspecified atom stereocenters. The van der Waals surface area contributed by atoms with E-state index in [0.717, 1.165) is 27.5 Å². The molecular formula is C16H19O2P. The van der Waals surface area contributed by atoms with Gasteiger partial charge in [0.1, 0.15) is 5.75 Å². The molecule has 19 heavy (non-hydrogen) atoms. The predicted molar refractivity (Wildman–Crippen MR) is 82.1 cm³/mol. The summed E-state index contributed by atoms with van der Waals surface area (Å²) in [6.45, 7) is 6.18. The van der Waals surface area contributed by atoms with Crippen LogP contribution in [0, 0.1) is 20.8 Å². The van der Waals surface area contributed by atoms with Crippen LogP contribution in [0.5, 0.6) is 5.75 Å². The number of methoxy groups -OCH3 is 1. The molecule has 0 heterocycles. The van der Waals surface area contributed by atoms with E-state index in [1.165, 1.54) is 5.56 Å². The quantitative estimate of drug-likeness (QED) is 0.872. The number of benzene rings is 2. The fraction of sp³-hybridized carbons (Fsp3) is 0.250. The Morgan fingerprint density at radius 2 is 1.58 bits per heavy atom. The molecule has 1 N–H and O–H groups in total. The van der Waals surface area contributed by atoms with E-state index in [4.69, 9.17) is 4.74 Å². The van der Waals surface area contributed by atoms with E-state index in [-0.39, 0.29) is 0 Å². The van der Waals surface area contributed by atoms with Gasteiger partial charge < -0.3 is 9.63 Å². The largest absolute Gasteiger partial charge is 0.496 e. The second kappa shape index (κ2) is 5.73. The molecule has 0 aliphatic heterocycles. The lowest BCUT2D eigenvalue weighted by atomic mass is 10.1. The van der Waals surface area contributed by atoms with E-state index in [1.54, 1.807) is 7.11 Å². The first-order chi connectivity index (χ1) is 9.04. The Morgan fingerprint density at radius 1 is 1.00 bits per heavy atom. The lowest BCUT2D eigenvalue weighted by molar-refractivity contribution is 0.418. The monoisotopic (exact) mass is 274 g/mol. The second-order valence-electron chi connectivity index (χ2n) is 4.73. The van der Waals surface area contributed by atoms with Crippen molar-refractivity contribution in [1.82, 2.24) is 0 Å². The Hall–Kier alpha value is -1.37. The second-order valence-corrected chi connectivity index (χ2v) is 6.28. The van der Waals surface area contributed by atoms with Crippen molar-refractivity contribution in [2.75, 3.05) is 7.11 Å². The summed E-state index contributed by atoms with van der Waals surface area (Å²) in [6, 6.07) is 11.9. The topological polar surface area (TPSA) is 29.5 Å². The van der Waals surface area contributed by atoms with Crippen molar-refractivity contribution in [1.29, 1.82) is 0 Å². The highest BCUT2D eigenvalue weighted by molar-refractivity contribution is 7.68. The van der Waals surface area contributed by atoms with Gasteiger partial charge in [0.2, 0.25) is 0 Å². The van der Waals surface area contributed by atoms with Crippen molar-refractivity contribution in [3.63, 3.8) is 0 Å². The van der Waals surface area contributed by atoms with Crippen molar-refractivity contribution < 1.29 is 9.63 Å². The molecule has 0 aromatic heterocycles. The fourth-order valence-electron chi connectivity index (χ4n) is 2.43. The lowest BCUT2D eigenvalue weighted by Gasteiger charge is -2.19. The zero-order valence-electron chi connectivity index (χ0n) is 11.8. The summed E-state index contributed by atoms with van der Waals surface area (Å²) < 4.78 is 5.35. The number of aryl methyl sites for hydroxylation is 3. The standard InChI is InChI=1S/C16H19O2P/c1-11-9-12(2)16(13(3)10-11)19(17)15-8-6-5-7-14(15)18-4/h5-10,17H,1-4H3. The van der Waals surface area contributed by atoms with Crippen LogP contribution in [0.3, 0.4) is 0 Å². The maximum absolute atomic E-state index is 10.7. The third-order valence-corrected chi connectivity index (χ3v) is 5.12. The van der Waals surface area contributed by atoms with Crippen LogP contribution < -0.4 is 15.3 Å². The summed E-state index contributed by atoms with van der Waals surface area (Å²) in [5.41, 5.74) is 3.50. The van der Waals surface area contributed by atoms with Crippen molar-refractivity contribution in [2.24, 2.45) is 0 Å². The van der Waals surface area contributed by atoms with Gasteiger partial charge in [0.15, 0.2) is 0 Å². The molecule has 3 heteroatoms. The van der Waals surface area contributed by atoms with Crippen LogP contribution in [0.2, 0.25) is 0 Å². The molecule has 2 aromatic carbocycles. The number of ether oxygens (including phenoxy) is 1. The molecule has 0 radical (unpaired) electrons. The number of hydrogen-bond acceptors (Lipinski definition) is 2. The van der Waals surface area contributed by atoms with Crippen LogP contribution in [0.1, 0.15) is 16.7 Å². The van der Waals surface area contributed by atoms with E-state index in [9.17, 15) is 4.89 Å². The van der Waals surface area contributed by atoms with Gasteiger partial charge in [-0.25, -0.2) is 0 Å². The number of rotatable bonds is 3. The van der Waals surface area contributed by atoms with E-state index >= 15 is 0 Å². The molecule has 100 valence electrons. The summed E-state index contributed by atoms with van der Waals surface area (Å²) >= 11 is 0. The summed E-state index contributed by atoms with van der Waals surface area (Å²) in [4.78, 5) is 10.7. The van der Waals surface area contributed by atoms with Crippen molar-refractivity contribution in [2.45, 2.75) is 20.8 Å². The minimum Gasteiger partial charge on any atom is -0.496 e. The Balaban J connectivity index is 2.53. The molecule has 0 bridgehead atoms. The van der Waals surface area contributed by atoms with Gasteiger partial charge in [-0.05, 0) is 44.0 Å². The lowest BCUT2D eigenvalue weighted by Crippen LogP contribution is -2.18. The molecule has 2 aromatic rings. The number of hydrogen-bond donors (Lipinski definition) is 1. The maximum Gasteiger partial charge on any atom is 0.129 e. The SMILES string of the molecule is COc1ccccc1P(O)c1c(C)cc(C)cc1C. The van der Waals surface area contributed by atoms with E-state index < -0.39 is 8.15 Å².